The second kappa shape index (κ2) is 6.58. The quantitative estimate of drug-likeness (QED) is 0.799. The van der Waals surface area contributed by atoms with Crippen LogP contribution in [0.15, 0.2) is 30.3 Å². The van der Waals surface area contributed by atoms with Crippen LogP contribution in [0.25, 0.3) is 0 Å². The van der Waals surface area contributed by atoms with Gasteiger partial charge in [-0.3, -0.25) is 4.79 Å². The Morgan fingerprint density at radius 3 is 2.29 bits per heavy atom. The van der Waals surface area contributed by atoms with Crippen molar-refractivity contribution in [1.82, 2.24) is 0 Å². The van der Waals surface area contributed by atoms with Crippen LogP contribution in [0.2, 0.25) is 0 Å². The molecule has 0 radical (unpaired) electrons. The molecule has 4 heteroatoms. The first kappa shape index (κ1) is 16.0. The van der Waals surface area contributed by atoms with E-state index >= 15 is 0 Å². The summed E-state index contributed by atoms with van der Waals surface area (Å²) in [6.45, 7) is 8.55. The Bertz CT molecular complexity index is 459. The topological polar surface area (TPSA) is 44.8 Å². The van der Waals surface area contributed by atoms with E-state index in [0.717, 1.165) is 5.56 Å². The molecular weight excluding hydrogens is 268 g/mol. The zero-order valence-corrected chi connectivity index (χ0v) is 13.2. The van der Waals surface area contributed by atoms with Crippen molar-refractivity contribution in [3.63, 3.8) is 0 Å². The Labute approximate surface area is 126 Å². The van der Waals surface area contributed by atoms with Crippen LogP contribution in [-0.4, -0.2) is 25.3 Å². The second-order valence-electron chi connectivity index (χ2n) is 6.31. The highest BCUT2D eigenvalue weighted by atomic mass is 16.7. The zero-order chi connectivity index (χ0) is 15.5. The third kappa shape index (κ3) is 3.83. The molecule has 1 fully saturated rings. The largest absolute Gasteiger partial charge is 0.457 e. The Balaban J connectivity index is 1.86. The fourth-order valence-electron chi connectivity index (χ4n) is 1.90. The predicted molar refractivity (Wildman–Crippen MR) is 79.6 cm³/mol. The molecular formula is C17H24O4. The molecule has 1 saturated heterocycles. The molecule has 1 aliphatic rings. The Hall–Kier alpha value is -1.39. The minimum atomic E-state index is -0.504. The van der Waals surface area contributed by atoms with Gasteiger partial charge in [0.1, 0.15) is 6.10 Å². The van der Waals surface area contributed by atoms with Crippen LogP contribution in [0, 0.1) is 11.3 Å². The lowest BCUT2D eigenvalue weighted by Gasteiger charge is -2.33. The summed E-state index contributed by atoms with van der Waals surface area (Å²) in [6.07, 6.45) is -0.713. The van der Waals surface area contributed by atoms with Gasteiger partial charge in [-0.25, -0.2) is 0 Å². The molecule has 4 nitrogen and oxygen atoms in total. The van der Waals surface area contributed by atoms with Gasteiger partial charge in [0.05, 0.1) is 18.6 Å². The van der Waals surface area contributed by atoms with E-state index in [2.05, 4.69) is 0 Å². The molecule has 0 bridgehead atoms. The van der Waals surface area contributed by atoms with E-state index in [9.17, 15) is 4.79 Å². The maximum absolute atomic E-state index is 12.2. The molecule has 1 heterocycles. The molecule has 0 unspecified atom stereocenters. The molecule has 1 aliphatic heterocycles. The zero-order valence-electron chi connectivity index (χ0n) is 13.2. The molecule has 0 atom stereocenters. The highest BCUT2D eigenvalue weighted by molar-refractivity contribution is 5.76. The molecule has 116 valence electrons. The van der Waals surface area contributed by atoms with Crippen molar-refractivity contribution in [3.8, 4) is 0 Å². The number of hydrogen-bond donors (Lipinski definition) is 0. The third-order valence-corrected chi connectivity index (χ3v) is 4.18. The van der Waals surface area contributed by atoms with Crippen LogP contribution in [0.5, 0.6) is 0 Å². The van der Waals surface area contributed by atoms with Gasteiger partial charge in [-0.05, 0) is 19.8 Å². The summed E-state index contributed by atoms with van der Waals surface area (Å²) in [5.74, 6) is 0.0142. The van der Waals surface area contributed by atoms with E-state index < -0.39 is 5.41 Å². The Morgan fingerprint density at radius 1 is 1.19 bits per heavy atom. The van der Waals surface area contributed by atoms with Crippen molar-refractivity contribution in [3.05, 3.63) is 35.9 Å². The lowest BCUT2D eigenvalue weighted by atomic mass is 9.81. The van der Waals surface area contributed by atoms with Crippen LogP contribution >= 0.6 is 0 Å². The molecule has 1 aromatic carbocycles. The first-order valence-electron chi connectivity index (χ1n) is 7.40. The van der Waals surface area contributed by atoms with Gasteiger partial charge < -0.3 is 14.2 Å². The fraction of sp³-hybridized carbons (Fsp3) is 0.588. The Kier molecular flexibility index (Phi) is 5.01. The van der Waals surface area contributed by atoms with Crippen molar-refractivity contribution in [1.29, 1.82) is 0 Å². The average Bonchev–Trinajstić information content (AvgIpc) is 2.48. The van der Waals surface area contributed by atoms with E-state index in [-0.39, 0.29) is 24.3 Å². The SMILES string of the molecule is CC(C)C(C)(C)C(=O)O[C@H]1CO[C@H](c2ccccc2)OC1. The molecule has 21 heavy (non-hydrogen) atoms. The van der Waals surface area contributed by atoms with Crippen LogP contribution in [-0.2, 0) is 19.0 Å². The number of carbonyl (C=O) groups is 1. The highest BCUT2D eigenvalue weighted by Gasteiger charge is 2.36. The molecule has 0 spiro atoms. The van der Waals surface area contributed by atoms with Gasteiger partial charge in [0, 0.05) is 5.56 Å². The third-order valence-electron chi connectivity index (χ3n) is 4.18. The van der Waals surface area contributed by atoms with Gasteiger partial charge in [0.15, 0.2) is 6.29 Å². The van der Waals surface area contributed by atoms with Crippen LogP contribution < -0.4 is 0 Å². The molecule has 1 aromatic rings. The lowest BCUT2D eigenvalue weighted by Crippen LogP contribution is -2.40. The summed E-state index contributed by atoms with van der Waals surface area (Å²) in [6, 6.07) is 9.75. The average molecular weight is 292 g/mol. The monoisotopic (exact) mass is 292 g/mol. The lowest BCUT2D eigenvalue weighted by molar-refractivity contribution is -0.233. The predicted octanol–water partition coefficient (Wildman–Crippen LogP) is 3.33. The van der Waals surface area contributed by atoms with Crippen molar-refractivity contribution in [2.24, 2.45) is 11.3 Å². The van der Waals surface area contributed by atoms with Crippen LogP contribution in [0.3, 0.4) is 0 Å². The van der Waals surface area contributed by atoms with Gasteiger partial charge in [-0.15, -0.1) is 0 Å². The maximum Gasteiger partial charge on any atom is 0.312 e. The van der Waals surface area contributed by atoms with E-state index in [1.807, 2.05) is 58.0 Å². The second-order valence-corrected chi connectivity index (χ2v) is 6.31. The van der Waals surface area contributed by atoms with Crippen molar-refractivity contribution in [2.45, 2.75) is 40.1 Å². The fourth-order valence-corrected chi connectivity index (χ4v) is 1.90. The minimum absolute atomic E-state index is 0.201. The summed E-state index contributed by atoms with van der Waals surface area (Å²) in [4.78, 5) is 12.2. The molecule has 0 saturated carbocycles. The van der Waals surface area contributed by atoms with E-state index in [4.69, 9.17) is 14.2 Å². The van der Waals surface area contributed by atoms with Gasteiger partial charge in [-0.1, -0.05) is 44.2 Å². The van der Waals surface area contributed by atoms with Gasteiger partial charge >= 0.3 is 5.97 Å². The maximum atomic E-state index is 12.2. The number of benzene rings is 1. The number of rotatable bonds is 4. The number of esters is 1. The smallest absolute Gasteiger partial charge is 0.312 e. The number of carbonyl (C=O) groups excluding carboxylic acids is 1. The van der Waals surface area contributed by atoms with Crippen LogP contribution in [0.1, 0.15) is 39.5 Å². The summed E-state index contributed by atoms with van der Waals surface area (Å²) in [5.41, 5.74) is 0.473. The summed E-state index contributed by atoms with van der Waals surface area (Å²) >= 11 is 0. The first-order chi connectivity index (χ1) is 9.91. The first-order valence-corrected chi connectivity index (χ1v) is 7.40. The summed E-state index contributed by atoms with van der Waals surface area (Å²) < 4.78 is 16.8. The van der Waals surface area contributed by atoms with E-state index in [1.165, 1.54) is 0 Å². The Morgan fingerprint density at radius 2 is 1.76 bits per heavy atom. The number of ether oxygens (including phenoxy) is 3. The van der Waals surface area contributed by atoms with E-state index in [0.29, 0.717) is 13.2 Å². The summed E-state index contributed by atoms with van der Waals surface area (Å²) in [7, 11) is 0. The van der Waals surface area contributed by atoms with Crippen molar-refractivity contribution >= 4 is 5.97 Å². The van der Waals surface area contributed by atoms with Crippen molar-refractivity contribution < 1.29 is 19.0 Å². The van der Waals surface area contributed by atoms with Gasteiger partial charge in [0.2, 0.25) is 0 Å². The summed E-state index contributed by atoms with van der Waals surface area (Å²) in [5, 5.41) is 0. The van der Waals surface area contributed by atoms with Crippen molar-refractivity contribution in [2.75, 3.05) is 13.2 Å². The molecule has 0 aromatic heterocycles. The van der Waals surface area contributed by atoms with Gasteiger partial charge in [-0.2, -0.15) is 0 Å². The standard InChI is InChI=1S/C17H24O4/c1-12(2)17(3,4)16(18)21-14-10-19-15(20-11-14)13-8-6-5-7-9-13/h5-9,12,14-15H,10-11H2,1-4H3/t14-,15-. The van der Waals surface area contributed by atoms with Gasteiger partial charge in [0.25, 0.3) is 0 Å². The normalized spacial score (nSPS) is 23.1. The molecule has 0 N–H and O–H groups in total. The molecule has 2 rings (SSSR count). The van der Waals surface area contributed by atoms with E-state index in [1.54, 1.807) is 0 Å². The molecule has 0 aliphatic carbocycles. The highest BCUT2D eigenvalue weighted by Crippen LogP contribution is 2.29. The van der Waals surface area contributed by atoms with Crippen LogP contribution in [0.4, 0.5) is 0 Å². The number of hydrogen-bond acceptors (Lipinski definition) is 4. The minimum Gasteiger partial charge on any atom is -0.457 e. The molecule has 0 amide bonds.